The number of benzene rings is 1. The number of halogens is 1. The molecule has 0 bridgehead atoms. The zero-order valence-electron chi connectivity index (χ0n) is 22.3. The lowest BCUT2D eigenvalue weighted by molar-refractivity contribution is 0.128. The fraction of sp³-hybridized carbons (Fsp3) is 0.429. The van der Waals surface area contributed by atoms with Gasteiger partial charge in [-0.3, -0.25) is 5.10 Å². The Morgan fingerprint density at radius 2 is 1.92 bits per heavy atom. The Balaban J connectivity index is 1.15. The molecule has 2 aliphatic heterocycles. The molecule has 5 heterocycles. The number of piperidine rings is 1. The number of rotatable bonds is 7. The molecule has 10 nitrogen and oxygen atoms in total. The third-order valence-corrected chi connectivity index (χ3v) is 8.50. The first kappa shape index (κ1) is 25.8. The van der Waals surface area contributed by atoms with Crippen molar-refractivity contribution in [1.82, 2.24) is 30.5 Å². The molecular formula is C28H32ClN7O3. The predicted octanol–water partition coefficient (Wildman–Crippen LogP) is 4.42. The van der Waals surface area contributed by atoms with Crippen LogP contribution < -0.4 is 19.7 Å². The van der Waals surface area contributed by atoms with Crippen LogP contribution in [0, 0.1) is 5.41 Å². The average Bonchev–Trinajstić information content (AvgIpc) is 3.57. The van der Waals surface area contributed by atoms with Crippen LogP contribution in [0.1, 0.15) is 31.4 Å². The summed E-state index contributed by atoms with van der Waals surface area (Å²) in [6, 6.07) is 10.6. The van der Waals surface area contributed by atoms with Crippen molar-refractivity contribution in [3.05, 3.63) is 53.3 Å². The van der Waals surface area contributed by atoms with Crippen LogP contribution in [-0.2, 0) is 4.74 Å². The van der Waals surface area contributed by atoms with E-state index in [1.807, 2.05) is 18.3 Å². The van der Waals surface area contributed by atoms with Crippen LogP contribution in [0.5, 0.6) is 11.6 Å². The summed E-state index contributed by atoms with van der Waals surface area (Å²) in [6.45, 7) is 5.47. The van der Waals surface area contributed by atoms with E-state index < -0.39 is 0 Å². The molecule has 39 heavy (non-hydrogen) atoms. The minimum atomic E-state index is 0.103. The molecule has 204 valence electrons. The van der Waals surface area contributed by atoms with Gasteiger partial charge in [0.2, 0.25) is 11.5 Å². The van der Waals surface area contributed by atoms with Crippen LogP contribution in [-0.4, -0.2) is 71.7 Å². The maximum absolute atomic E-state index is 6.49. The number of pyridine rings is 1. The molecule has 11 heteroatoms. The number of nitrogens with zero attached hydrogens (tertiary/aromatic N) is 5. The van der Waals surface area contributed by atoms with Crippen LogP contribution in [0.15, 0.2) is 42.7 Å². The Morgan fingerprint density at radius 1 is 1.13 bits per heavy atom. The Bertz CT molecular complexity index is 1450. The zero-order valence-corrected chi connectivity index (χ0v) is 23.0. The fourth-order valence-electron chi connectivity index (χ4n) is 5.73. The monoisotopic (exact) mass is 549 g/mol. The molecule has 0 amide bonds. The summed E-state index contributed by atoms with van der Waals surface area (Å²) in [5.74, 6) is 2.04. The lowest BCUT2D eigenvalue weighted by Gasteiger charge is -2.43. The molecule has 1 spiro atoms. The highest BCUT2D eigenvalue weighted by Gasteiger charge is 2.46. The molecule has 2 saturated heterocycles. The van der Waals surface area contributed by atoms with Crippen LogP contribution in [0.3, 0.4) is 0 Å². The predicted molar refractivity (Wildman–Crippen MR) is 150 cm³/mol. The zero-order chi connectivity index (χ0) is 27.0. The van der Waals surface area contributed by atoms with Gasteiger partial charge in [0, 0.05) is 42.3 Å². The van der Waals surface area contributed by atoms with Gasteiger partial charge in [0.25, 0.3) is 0 Å². The van der Waals surface area contributed by atoms with Crippen LogP contribution in [0.4, 0.5) is 5.82 Å². The summed E-state index contributed by atoms with van der Waals surface area (Å²) >= 11 is 6.49. The van der Waals surface area contributed by atoms with E-state index in [-0.39, 0.29) is 11.5 Å². The van der Waals surface area contributed by atoms with Gasteiger partial charge in [0.05, 0.1) is 39.3 Å². The van der Waals surface area contributed by atoms with Gasteiger partial charge < -0.3 is 24.4 Å². The largest absolute Gasteiger partial charge is 0.497 e. The van der Waals surface area contributed by atoms with Gasteiger partial charge in [0.1, 0.15) is 22.1 Å². The maximum atomic E-state index is 6.49. The second-order valence-corrected chi connectivity index (χ2v) is 10.6. The van der Waals surface area contributed by atoms with E-state index >= 15 is 0 Å². The number of methoxy groups -OCH3 is 2. The Kier molecular flexibility index (Phi) is 7.01. The number of hydrogen-bond acceptors (Lipinski definition) is 9. The highest BCUT2D eigenvalue weighted by Crippen LogP contribution is 2.41. The SMILES string of the molecule is COc1ccc(C(C)N[C@@H]2COCC23CCN(c2cnc4c(-c5ccnc(OC)c5Cl)[nH]nc4n2)CC3)cc1. The molecule has 0 saturated carbocycles. The standard InChI is InChI=1S/C28H32ClN7O3/c1-17(18-4-6-19(37-2)7-5-18)32-21-15-39-16-28(21)9-12-36(13-10-28)22-14-31-25-24(34-35-26(25)33-22)20-8-11-30-27(38-3)23(20)29/h4-8,11,14,17,21,32H,9-10,12-13,15-16H2,1-3H3,(H,33,34,35)/t17?,21-/m1/s1. The molecule has 3 aromatic heterocycles. The van der Waals surface area contributed by atoms with Crippen LogP contribution in [0.2, 0.25) is 5.02 Å². The number of fused-ring (bicyclic) bond motifs is 1. The second kappa shape index (κ2) is 10.6. The van der Waals surface area contributed by atoms with E-state index in [9.17, 15) is 0 Å². The van der Waals surface area contributed by atoms with Gasteiger partial charge in [-0.05, 0) is 43.5 Å². The smallest absolute Gasteiger partial charge is 0.232 e. The normalized spacial score (nSPS) is 19.5. The van der Waals surface area contributed by atoms with Gasteiger partial charge >= 0.3 is 0 Å². The number of aromatic nitrogens is 5. The average molecular weight is 550 g/mol. The number of ether oxygens (including phenoxy) is 3. The van der Waals surface area contributed by atoms with E-state index in [2.05, 4.69) is 44.5 Å². The number of nitrogens with one attached hydrogen (secondary N) is 2. The van der Waals surface area contributed by atoms with Crippen LogP contribution >= 0.6 is 11.6 Å². The Morgan fingerprint density at radius 3 is 2.67 bits per heavy atom. The minimum Gasteiger partial charge on any atom is -0.497 e. The topological polar surface area (TPSA) is 110 Å². The molecule has 0 aliphatic carbocycles. The number of anilines is 1. The molecule has 1 unspecified atom stereocenters. The molecule has 1 aromatic carbocycles. The van der Waals surface area contributed by atoms with E-state index in [1.165, 1.54) is 12.7 Å². The second-order valence-electron chi connectivity index (χ2n) is 10.3. The van der Waals surface area contributed by atoms with E-state index in [1.54, 1.807) is 19.4 Å². The summed E-state index contributed by atoms with van der Waals surface area (Å²) < 4.78 is 16.6. The lowest BCUT2D eigenvalue weighted by atomic mass is 9.74. The summed E-state index contributed by atoms with van der Waals surface area (Å²) in [5, 5.41) is 11.7. The lowest BCUT2D eigenvalue weighted by Crippen LogP contribution is -2.51. The third kappa shape index (κ3) is 4.77. The van der Waals surface area contributed by atoms with Crippen molar-refractivity contribution >= 4 is 28.6 Å². The number of aromatic amines is 1. The fourth-order valence-corrected chi connectivity index (χ4v) is 6.02. The molecule has 2 fully saturated rings. The van der Waals surface area contributed by atoms with Crippen molar-refractivity contribution in [2.24, 2.45) is 5.41 Å². The van der Waals surface area contributed by atoms with Crippen molar-refractivity contribution in [1.29, 1.82) is 0 Å². The summed E-state index contributed by atoms with van der Waals surface area (Å²) in [5.41, 5.74) is 3.96. The Labute approximate surface area is 232 Å². The third-order valence-electron chi connectivity index (χ3n) is 8.14. The van der Waals surface area contributed by atoms with Crippen molar-refractivity contribution in [2.45, 2.75) is 31.8 Å². The molecule has 2 aliphatic rings. The quantitative estimate of drug-likeness (QED) is 0.346. The van der Waals surface area contributed by atoms with Gasteiger partial charge in [-0.1, -0.05) is 23.7 Å². The highest BCUT2D eigenvalue weighted by atomic mass is 35.5. The van der Waals surface area contributed by atoms with Crippen LogP contribution in [0.25, 0.3) is 22.4 Å². The van der Waals surface area contributed by atoms with E-state index in [0.717, 1.165) is 56.3 Å². The van der Waals surface area contributed by atoms with Gasteiger partial charge in [-0.25, -0.2) is 15.0 Å². The first-order chi connectivity index (χ1) is 19.0. The van der Waals surface area contributed by atoms with Gasteiger partial charge in [-0.2, -0.15) is 5.10 Å². The van der Waals surface area contributed by atoms with Crippen molar-refractivity contribution in [2.75, 3.05) is 45.4 Å². The first-order valence-electron chi connectivity index (χ1n) is 13.1. The molecule has 2 atom stereocenters. The molecule has 0 radical (unpaired) electrons. The van der Waals surface area contributed by atoms with Gasteiger partial charge in [0.15, 0.2) is 0 Å². The molecule has 6 rings (SSSR count). The van der Waals surface area contributed by atoms with E-state index in [0.29, 0.717) is 33.8 Å². The number of H-pyrrole nitrogens is 1. The van der Waals surface area contributed by atoms with Gasteiger partial charge in [-0.15, -0.1) is 0 Å². The summed E-state index contributed by atoms with van der Waals surface area (Å²) in [4.78, 5) is 16.0. The first-order valence-corrected chi connectivity index (χ1v) is 13.5. The summed E-state index contributed by atoms with van der Waals surface area (Å²) in [7, 11) is 3.23. The minimum absolute atomic E-state index is 0.103. The van der Waals surface area contributed by atoms with E-state index in [4.69, 9.17) is 35.8 Å². The van der Waals surface area contributed by atoms with Crippen molar-refractivity contribution in [3.8, 4) is 22.9 Å². The van der Waals surface area contributed by atoms with Crippen molar-refractivity contribution < 1.29 is 14.2 Å². The van der Waals surface area contributed by atoms with Crippen molar-refractivity contribution in [3.63, 3.8) is 0 Å². The number of hydrogen-bond donors (Lipinski definition) is 2. The molecule has 4 aromatic rings. The molecule has 2 N–H and O–H groups in total. The molecular weight excluding hydrogens is 518 g/mol. The Hall–Kier alpha value is -3.47. The highest BCUT2D eigenvalue weighted by molar-refractivity contribution is 6.34. The maximum Gasteiger partial charge on any atom is 0.232 e. The summed E-state index contributed by atoms with van der Waals surface area (Å²) in [6.07, 6.45) is 5.49.